The van der Waals surface area contributed by atoms with E-state index < -0.39 is 0 Å². The minimum atomic E-state index is -0.383. The summed E-state index contributed by atoms with van der Waals surface area (Å²) in [5.74, 6) is 1.29. The molecule has 6 aliphatic rings. The molecule has 4 saturated heterocycles. The number of benzene rings is 2. The van der Waals surface area contributed by atoms with Gasteiger partial charge in [-0.2, -0.15) is 5.10 Å². The van der Waals surface area contributed by atoms with Gasteiger partial charge < -0.3 is 34.8 Å². The van der Waals surface area contributed by atoms with Gasteiger partial charge in [0.15, 0.2) is 5.82 Å². The number of hydrogen-bond acceptors (Lipinski definition) is 12. The average Bonchev–Trinajstić information content (AvgIpc) is 3.82. The number of anilines is 3. The molecule has 4 N–H and O–H groups in total. The quantitative estimate of drug-likeness (QED) is 0.220. The van der Waals surface area contributed by atoms with Gasteiger partial charge in [-0.25, -0.2) is 9.48 Å². The summed E-state index contributed by atoms with van der Waals surface area (Å²) >= 11 is 0. The molecular formula is C47H58N11O6+. The number of quaternary nitrogens is 1. The molecular weight excluding hydrogens is 815 g/mol. The zero-order valence-corrected chi connectivity index (χ0v) is 36.3. The summed E-state index contributed by atoms with van der Waals surface area (Å²) in [4.78, 5) is 61.5. The number of nitrogens with one attached hydrogen (secondary N) is 2. The van der Waals surface area contributed by atoms with Crippen LogP contribution in [0.15, 0.2) is 60.9 Å². The first kappa shape index (κ1) is 41.9. The van der Waals surface area contributed by atoms with Crippen molar-refractivity contribution in [3.63, 3.8) is 0 Å². The Labute approximate surface area is 372 Å². The third-order valence-electron chi connectivity index (χ3n) is 14.5. The summed E-state index contributed by atoms with van der Waals surface area (Å²) in [6.45, 7) is 6.52. The van der Waals surface area contributed by atoms with Crippen LogP contribution in [0.25, 0.3) is 16.9 Å². The fourth-order valence-electron chi connectivity index (χ4n) is 11.0. The molecule has 64 heavy (non-hydrogen) atoms. The maximum atomic E-state index is 13.8. The van der Waals surface area contributed by atoms with Crippen LogP contribution in [0.5, 0.6) is 11.5 Å². The van der Waals surface area contributed by atoms with Crippen molar-refractivity contribution in [1.29, 1.82) is 0 Å². The number of carbonyl (C=O) groups excluding carboxylic acids is 4. The minimum absolute atomic E-state index is 0.0150. The molecule has 0 unspecified atom stereocenters. The zero-order chi connectivity index (χ0) is 43.7. The standard InChI is InChI=1S/C47H57N11O6/c48-45-40(27-37(51-52-45)36-7-2-3-10-41(36)64-47(62)54-21-17-33(18-22-54)53-19-4-1-5-20-53)58-29-34(28-49-58)56-24-23-55(30-43(56)60)32-13-11-31(12-14-32)35-8-6-9-38-44(35)63-26-25-57(38)39-15-16-42(59)50-46(39)61/h2-3,6-10,27-29,31-33,39H,1,4-5,11-26,30H2,(H2,48,52)(H,50,59,61)/p+1/t31?,32?,39-/m0/s1. The predicted octanol–water partition coefficient (Wildman–Crippen LogP) is 3.32. The third kappa shape index (κ3) is 8.50. The van der Waals surface area contributed by atoms with Crippen molar-refractivity contribution in [3.8, 4) is 28.4 Å². The van der Waals surface area contributed by atoms with Crippen molar-refractivity contribution in [3.05, 3.63) is 66.5 Å². The molecule has 2 aromatic heterocycles. The number of likely N-dealkylation sites (tertiary alicyclic amines) is 2. The number of fused-ring (bicyclic) bond motifs is 1. The smallest absolute Gasteiger partial charge is 0.415 e. The topological polar surface area (TPSA) is 186 Å². The Balaban J connectivity index is 0.753. The van der Waals surface area contributed by atoms with Crippen LogP contribution in [0.4, 0.5) is 22.0 Å². The molecule has 1 atom stereocenters. The van der Waals surface area contributed by atoms with Crippen LogP contribution in [0.3, 0.4) is 0 Å². The number of nitrogens with two attached hydrogens (primary N) is 1. The van der Waals surface area contributed by atoms with E-state index in [2.05, 4.69) is 36.5 Å². The Morgan fingerprint density at radius 1 is 0.859 bits per heavy atom. The van der Waals surface area contributed by atoms with Crippen molar-refractivity contribution in [2.24, 2.45) is 0 Å². The van der Waals surface area contributed by atoms with Crippen LogP contribution >= 0.6 is 0 Å². The van der Waals surface area contributed by atoms with Crippen molar-refractivity contribution in [2.75, 3.05) is 74.5 Å². The number of piperazine rings is 1. The normalized spacial score (nSPS) is 24.0. The van der Waals surface area contributed by atoms with E-state index in [0.29, 0.717) is 98.6 Å². The van der Waals surface area contributed by atoms with Crippen LogP contribution in [0, 0.1) is 0 Å². The monoisotopic (exact) mass is 872 g/mol. The lowest BCUT2D eigenvalue weighted by Gasteiger charge is -2.42. The van der Waals surface area contributed by atoms with Gasteiger partial charge in [-0.1, -0.05) is 24.3 Å². The first-order valence-electron chi connectivity index (χ1n) is 23.3. The Bertz CT molecular complexity index is 2390. The van der Waals surface area contributed by atoms with Crippen molar-refractivity contribution in [1.82, 2.24) is 35.1 Å². The second-order valence-electron chi connectivity index (χ2n) is 18.2. The fourth-order valence-corrected chi connectivity index (χ4v) is 11.0. The molecule has 17 heteroatoms. The molecule has 10 rings (SSSR count). The highest BCUT2D eigenvalue weighted by Gasteiger charge is 2.38. The molecule has 7 heterocycles. The SMILES string of the molecule is Nc1nnc(-c2ccccc2OC(=O)N2CCC([NH+]3CCCCC3)CC2)cc1-n1cc(N2CCN(C3CCC(c4cccc5c4OCCN5[C@H]4CCC(=O)NC4=O)CC3)CC2=O)cn1. The highest BCUT2D eigenvalue weighted by molar-refractivity contribution is 6.02. The van der Waals surface area contributed by atoms with Crippen LogP contribution < -0.4 is 35.2 Å². The van der Waals surface area contributed by atoms with Crippen LogP contribution in [0.1, 0.15) is 82.1 Å². The predicted molar refractivity (Wildman–Crippen MR) is 239 cm³/mol. The van der Waals surface area contributed by atoms with E-state index >= 15 is 0 Å². The number of amides is 4. The Morgan fingerprint density at radius 3 is 2.47 bits per heavy atom. The number of piperidine rings is 3. The Morgan fingerprint density at radius 2 is 1.67 bits per heavy atom. The lowest BCUT2D eigenvalue weighted by molar-refractivity contribution is -0.931. The number of nitrogens with zero attached hydrogens (tertiary/aromatic N) is 8. The summed E-state index contributed by atoms with van der Waals surface area (Å²) in [6, 6.07) is 15.8. The second kappa shape index (κ2) is 18.2. The van der Waals surface area contributed by atoms with Crippen molar-refractivity contribution >= 4 is 41.0 Å². The highest BCUT2D eigenvalue weighted by atomic mass is 16.6. The number of imide groups is 1. The van der Waals surface area contributed by atoms with Gasteiger partial charge in [0.05, 0.1) is 61.7 Å². The summed E-state index contributed by atoms with van der Waals surface area (Å²) in [6.07, 6.45) is 13.7. The Hall–Kier alpha value is -6.07. The van der Waals surface area contributed by atoms with Gasteiger partial charge in [0, 0.05) is 57.0 Å². The van der Waals surface area contributed by atoms with Gasteiger partial charge in [0.2, 0.25) is 17.7 Å². The molecule has 2 aromatic carbocycles. The number of aromatic nitrogens is 4. The minimum Gasteiger partial charge on any atom is -0.489 e. The van der Waals surface area contributed by atoms with Crippen LogP contribution in [-0.2, 0) is 14.4 Å². The zero-order valence-electron chi connectivity index (χ0n) is 36.3. The number of rotatable bonds is 8. The molecule has 4 aromatic rings. The maximum Gasteiger partial charge on any atom is 0.415 e. The Kier molecular flexibility index (Phi) is 11.9. The molecule has 5 aliphatic heterocycles. The summed E-state index contributed by atoms with van der Waals surface area (Å²) in [7, 11) is 0. The lowest BCUT2D eigenvalue weighted by atomic mass is 9.80. The van der Waals surface area contributed by atoms with Gasteiger partial charge in [-0.05, 0) is 87.1 Å². The van der Waals surface area contributed by atoms with Gasteiger partial charge in [-0.15, -0.1) is 10.2 Å². The molecule has 1 saturated carbocycles. The van der Waals surface area contributed by atoms with Crippen molar-refractivity contribution in [2.45, 2.75) is 94.7 Å². The van der Waals surface area contributed by atoms with Crippen LogP contribution in [-0.4, -0.2) is 131 Å². The molecule has 17 nitrogen and oxygen atoms in total. The number of ether oxygens (including phenoxy) is 2. The van der Waals surface area contributed by atoms with E-state index in [-0.39, 0.29) is 35.7 Å². The molecule has 0 radical (unpaired) electrons. The van der Waals surface area contributed by atoms with Gasteiger partial charge >= 0.3 is 6.09 Å². The summed E-state index contributed by atoms with van der Waals surface area (Å²) in [5, 5.41) is 15.7. The van der Waals surface area contributed by atoms with E-state index in [4.69, 9.17) is 15.2 Å². The lowest BCUT2D eigenvalue weighted by Crippen LogP contribution is -3.16. The second-order valence-corrected chi connectivity index (χ2v) is 18.2. The largest absolute Gasteiger partial charge is 0.489 e. The molecule has 5 fully saturated rings. The average molecular weight is 873 g/mol. The maximum absolute atomic E-state index is 13.8. The van der Waals surface area contributed by atoms with E-state index in [1.165, 1.54) is 37.9 Å². The summed E-state index contributed by atoms with van der Waals surface area (Å²) < 4.78 is 13.9. The number of nitrogen functional groups attached to an aromatic ring is 1. The molecule has 1 aliphatic carbocycles. The fraction of sp³-hybridized carbons (Fsp3) is 0.511. The molecule has 336 valence electrons. The highest BCUT2D eigenvalue weighted by Crippen LogP contribution is 2.45. The number of carbonyl (C=O) groups is 4. The van der Waals surface area contributed by atoms with Crippen LogP contribution in [0.2, 0.25) is 0 Å². The van der Waals surface area contributed by atoms with E-state index in [1.807, 2.05) is 35.2 Å². The van der Waals surface area contributed by atoms with E-state index in [1.54, 1.807) is 39.0 Å². The third-order valence-corrected chi connectivity index (χ3v) is 14.5. The van der Waals surface area contributed by atoms with Crippen molar-refractivity contribution < 1.29 is 33.6 Å². The van der Waals surface area contributed by atoms with Gasteiger partial charge in [0.1, 0.15) is 29.8 Å². The van der Waals surface area contributed by atoms with Gasteiger partial charge in [-0.3, -0.25) is 24.6 Å². The number of para-hydroxylation sites is 2. The first-order chi connectivity index (χ1) is 31.3. The van der Waals surface area contributed by atoms with E-state index in [0.717, 1.165) is 56.5 Å². The summed E-state index contributed by atoms with van der Waals surface area (Å²) in [5.41, 5.74) is 10.7. The molecule has 4 amide bonds. The molecule has 0 spiro atoms. The molecule has 0 bridgehead atoms. The van der Waals surface area contributed by atoms with E-state index in [9.17, 15) is 19.2 Å². The number of hydrogen-bond donors (Lipinski definition) is 3. The van der Waals surface area contributed by atoms with Gasteiger partial charge in [0.25, 0.3) is 0 Å². The first-order valence-corrected chi connectivity index (χ1v) is 23.3.